The van der Waals surface area contributed by atoms with Gasteiger partial charge in [0.25, 0.3) is 0 Å². The minimum atomic E-state index is -1.01. The summed E-state index contributed by atoms with van der Waals surface area (Å²) in [6.45, 7) is -0.201. The van der Waals surface area contributed by atoms with Gasteiger partial charge in [0, 0.05) is 28.8 Å². The van der Waals surface area contributed by atoms with Crippen LogP contribution in [0.4, 0.5) is 10.5 Å². The molecule has 8 heteroatoms. The fourth-order valence-corrected chi connectivity index (χ4v) is 4.26. The molecule has 0 unspecified atom stereocenters. The number of carbonyl (C=O) groups is 1. The Bertz CT molecular complexity index is 1000. The number of aromatic hydroxyl groups is 1. The van der Waals surface area contributed by atoms with E-state index in [1.165, 1.54) is 0 Å². The van der Waals surface area contributed by atoms with Gasteiger partial charge < -0.3 is 19.7 Å². The van der Waals surface area contributed by atoms with Crippen molar-refractivity contribution in [3.8, 4) is 11.5 Å². The number of anilines is 1. The summed E-state index contributed by atoms with van der Waals surface area (Å²) in [4.78, 5) is 12.7. The van der Waals surface area contributed by atoms with E-state index in [4.69, 9.17) is 9.47 Å². The second-order valence-corrected chi connectivity index (χ2v) is 8.39. The number of phenolic OH excluding ortho intramolecular Hbond substituents is 1. The number of phenols is 1. The Kier molecular flexibility index (Phi) is 8.34. The maximum atomic E-state index is 12.7. The quantitative estimate of drug-likeness (QED) is 0.318. The van der Waals surface area contributed by atoms with Crippen molar-refractivity contribution in [2.75, 3.05) is 11.9 Å². The lowest BCUT2D eigenvalue weighted by Gasteiger charge is -2.28. The van der Waals surface area contributed by atoms with E-state index in [9.17, 15) is 15.0 Å². The minimum absolute atomic E-state index is 0.0830. The van der Waals surface area contributed by atoms with Crippen molar-refractivity contribution in [1.29, 1.82) is 0 Å². The number of aliphatic hydroxyl groups is 1. The van der Waals surface area contributed by atoms with Gasteiger partial charge in [0.1, 0.15) is 17.6 Å². The highest BCUT2D eigenvalue weighted by Gasteiger charge is 2.32. The molecule has 2 atom stereocenters. The molecule has 0 aromatic heterocycles. The number of nitrogens with one attached hydrogen (secondary N) is 1. The molecule has 0 saturated carbocycles. The Labute approximate surface area is 197 Å². The zero-order valence-electron chi connectivity index (χ0n) is 16.4. The van der Waals surface area contributed by atoms with Crippen molar-refractivity contribution in [3.63, 3.8) is 0 Å². The number of hydrogen-bond donors (Lipinski definition) is 3. The summed E-state index contributed by atoms with van der Waals surface area (Å²) < 4.78 is 12.9. The van der Waals surface area contributed by atoms with Gasteiger partial charge in [-0.05, 0) is 52.3 Å². The van der Waals surface area contributed by atoms with Crippen molar-refractivity contribution < 1.29 is 24.5 Å². The number of ether oxygens (including phenoxy) is 2. The first-order valence-corrected chi connectivity index (χ1v) is 11.1. The molecule has 3 aromatic rings. The molecule has 0 aliphatic carbocycles. The Morgan fingerprint density at radius 2 is 1.65 bits per heavy atom. The second kappa shape index (κ2) is 11.2. The van der Waals surface area contributed by atoms with Gasteiger partial charge in [0.05, 0.1) is 4.47 Å². The van der Waals surface area contributed by atoms with Crippen LogP contribution in [0.15, 0.2) is 81.7 Å². The van der Waals surface area contributed by atoms with Crippen LogP contribution in [0.5, 0.6) is 11.5 Å². The van der Waals surface area contributed by atoms with Gasteiger partial charge in [0.15, 0.2) is 6.10 Å². The van der Waals surface area contributed by atoms with Crippen LogP contribution < -0.4 is 10.1 Å². The van der Waals surface area contributed by atoms with Gasteiger partial charge in [-0.15, -0.1) is 0 Å². The standard InChI is InChI=1S/C23H21Br2NO5/c24-15-13-18(21(28)19(25)14-15)22(31-23(29)26-16-7-3-1-4-8-16)20(11-12-27)30-17-9-5-2-6-10-17/h1-10,13-14,20,22,27-28H,11-12H2,(H,26,29)/t20-,22-/m0/s1. The monoisotopic (exact) mass is 549 g/mol. The topological polar surface area (TPSA) is 88.0 Å². The van der Waals surface area contributed by atoms with Crippen LogP contribution in [-0.4, -0.2) is 29.0 Å². The number of aliphatic hydroxyl groups excluding tert-OH is 1. The number of benzene rings is 3. The fraction of sp³-hybridized carbons (Fsp3) is 0.174. The average Bonchev–Trinajstić information content (AvgIpc) is 2.76. The van der Waals surface area contributed by atoms with E-state index in [2.05, 4.69) is 37.2 Å². The Balaban J connectivity index is 1.95. The van der Waals surface area contributed by atoms with Crippen molar-refractivity contribution in [3.05, 3.63) is 87.3 Å². The number of hydrogen-bond acceptors (Lipinski definition) is 5. The zero-order chi connectivity index (χ0) is 22.2. The lowest BCUT2D eigenvalue weighted by molar-refractivity contribution is 0.00792. The van der Waals surface area contributed by atoms with Gasteiger partial charge in [-0.3, -0.25) is 5.32 Å². The van der Waals surface area contributed by atoms with Crippen LogP contribution in [0.1, 0.15) is 18.1 Å². The van der Waals surface area contributed by atoms with Crippen LogP contribution in [0, 0.1) is 0 Å². The summed E-state index contributed by atoms with van der Waals surface area (Å²) >= 11 is 6.72. The van der Waals surface area contributed by atoms with Gasteiger partial charge in [-0.25, -0.2) is 4.79 Å². The average molecular weight is 551 g/mol. The van der Waals surface area contributed by atoms with Gasteiger partial charge in [-0.1, -0.05) is 52.3 Å². The number of carbonyl (C=O) groups excluding carboxylic acids is 1. The Morgan fingerprint density at radius 3 is 2.29 bits per heavy atom. The maximum absolute atomic E-state index is 12.7. The van der Waals surface area contributed by atoms with E-state index in [0.717, 1.165) is 0 Å². The summed E-state index contributed by atoms with van der Waals surface area (Å²) in [6, 6.07) is 21.2. The van der Waals surface area contributed by atoms with Crippen molar-refractivity contribution in [2.24, 2.45) is 0 Å². The normalized spacial score (nSPS) is 12.6. The first-order chi connectivity index (χ1) is 15.0. The largest absolute Gasteiger partial charge is 0.506 e. The smallest absolute Gasteiger partial charge is 0.412 e. The zero-order valence-corrected chi connectivity index (χ0v) is 19.5. The van der Waals surface area contributed by atoms with E-state index in [1.54, 1.807) is 48.5 Å². The van der Waals surface area contributed by atoms with Crippen LogP contribution in [-0.2, 0) is 4.74 Å². The number of amides is 1. The van der Waals surface area contributed by atoms with Gasteiger partial charge in [-0.2, -0.15) is 0 Å². The molecule has 1 amide bonds. The van der Waals surface area contributed by atoms with Gasteiger partial charge >= 0.3 is 6.09 Å². The lowest BCUT2D eigenvalue weighted by atomic mass is 10.0. The molecule has 0 spiro atoms. The molecule has 162 valence electrons. The molecule has 0 saturated heterocycles. The SMILES string of the molecule is O=C(Nc1ccccc1)O[C@@H](c1cc(Br)cc(Br)c1O)[C@H](CCO)Oc1ccccc1. The van der Waals surface area contributed by atoms with E-state index in [1.807, 2.05) is 24.3 Å². The van der Waals surface area contributed by atoms with E-state index < -0.39 is 18.3 Å². The van der Waals surface area contributed by atoms with Crippen LogP contribution in [0.2, 0.25) is 0 Å². The molecule has 6 nitrogen and oxygen atoms in total. The molecule has 3 N–H and O–H groups in total. The third-order valence-electron chi connectivity index (χ3n) is 4.40. The molecular weight excluding hydrogens is 530 g/mol. The number of para-hydroxylation sites is 2. The Morgan fingerprint density at radius 1 is 1.00 bits per heavy atom. The number of halogens is 2. The third kappa shape index (κ3) is 6.46. The van der Waals surface area contributed by atoms with Crippen LogP contribution in [0.3, 0.4) is 0 Å². The molecule has 0 aliphatic heterocycles. The van der Waals surface area contributed by atoms with E-state index in [0.29, 0.717) is 25.9 Å². The fourth-order valence-electron chi connectivity index (χ4n) is 3.00. The molecule has 0 bridgehead atoms. The van der Waals surface area contributed by atoms with Crippen LogP contribution in [0.25, 0.3) is 0 Å². The molecule has 3 rings (SSSR count). The Hall–Kier alpha value is -2.55. The molecule has 3 aromatic carbocycles. The highest BCUT2D eigenvalue weighted by atomic mass is 79.9. The molecular formula is C23H21Br2NO5. The van der Waals surface area contributed by atoms with E-state index in [-0.39, 0.29) is 18.8 Å². The van der Waals surface area contributed by atoms with Crippen molar-refractivity contribution in [1.82, 2.24) is 0 Å². The van der Waals surface area contributed by atoms with Crippen molar-refractivity contribution >= 4 is 43.6 Å². The maximum Gasteiger partial charge on any atom is 0.412 e. The first kappa shape index (κ1) is 23.1. The first-order valence-electron chi connectivity index (χ1n) is 9.51. The summed E-state index contributed by atoms with van der Waals surface area (Å²) in [5.41, 5.74) is 0.896. The van der Waals surface area contributed by atoms with Crippen molar-refractivity contribution in [2.45, 2.75) is 18.6 Å². The number of rotatable bonds is 8. The highest BCUT2D eigenvalue weighted by Crippen LogP contribution is 2.39. The molecule has 0 heterocycles. The lowest BCUT2D eigenvalue weighted by Crippen LogP contribution is -2.32. The minimum Gasteiger partial charge on any atom is -0.506 e. The summed E-state index contributed by atoms with van der Waals surface area (Å²) in [5.74, 6) is 0.465. The predicted octanol–water partition coefficient (Wildman–Crippen LogP) is 6.04. The summed E-state index contributed by atoms with van der Waals surface area (Å²) in [7, 11) is 0. The highest BCUT2D eigenvalue weighted by molar-refractivity contribution is 9.11. The molecule has 31 heavy (non-hydrogen) atoms. The predicted molar refractivity (Wildman–Crippen MR) is 125 cm³/mol. The second-order valence-electron chi connectivity index (χ2n) is 6.62. The van der Waals surface area contributed by atoms with Crippen LogP contribution >= 0.6 is 31.9 Å². The van der Waals surface area contributed by atoms with E-state index >= 15 is 0 Å². The molecule has 0 radical (unpaired) electrons. The summed E-state index contributed by atoms with van der Waals surface area (Å²) in [5, 5.41) is 23.0. The summed E-state index contributed by atoms with van der Waals surface area (Å²) in [6.07, 6.45) is -2.32. The molecule has 0 aliphatic rings. The third-order valence-corrected chi connectivity index (χ3v) is 5.46. The van der Waals surface area contributed by atoms with Gasteiger partial charge in [0.2, 0.25) is 0 Å². The molecule has 0 fully saturated rings.